The molecule has 4 rings (SSSR count). The van der Waals surface area contributed by atoms with Gasteiger partial charge in [0.05, 0.1) is 12.6 Å². The van der Waals surface area contributed by atoms with Gasteiger partial charge in [0.25, 0.3) is 11.8 Å². The maximum absolute atomic E-state index is 14.0. The molecular weight excluding hydrogens is 525 g/mol. The normalized spacial score (nSPS) is 20.4. The second kappa shape index (κ2) is 11.8. The van der Waals surface area contributed by atoms with Crippen LogP contribution >= 0.6 is 0 Å². The number of benzene rings is 1. The van der Waals surface area contributed by atoms with E-state index in [0.29, 0.717) is 18.6 Å². The van der Waals surface area contributed by atoms with Gasteiger partial charge in [0, 0.05) is 63.0 Å². The molecule has 2 amide bonds. The molecule has 1 aromatic carbocycles. The Morgan fingerprint density at radius 1 is 1.23 bits per heavy atom. The van der Waals surface area contributed by atoms with Gasteiger partial charge in [-0.25, -0.2) is 13.2 Å². The molecule has 0 radical (unpaired) electrons. The quantitative estimate of drug-likeness (QED) is 0.525. The van der Waals surface area contributed by atoms with E-state index in [9.17, 15) is 32.7 Å². The number of oxime groups is 1. The minimum atomic E-state index is -1.22. The van der Waals surface area contributed by atoms with Gasteiger partial charge in [-0.15, -0.1) is 0 Å². The van der Waals surface area contributed by atoms with Crippen LogP contribution in [0.4, 0.5) is 13.2 Å². The summed E-state index contributed by atoms with van der Waals surface area (Å²) in [6.07, 6.45) is 1.59. The fourth-order valence-electron chi connectivity index (χ4n) is 4.43. The van der Waals surface area contributed by atoms with Crippen molar-refractivity contribution < 1.29 is 42.2 Å². The zero-order chi connectivity index (χ0) is 28.3. The molecule has 210 valence electrons. The van der Waals surface area contributed by atoms with Crippen LogP contribution < -0.4 is 10.7 Å². The fourth-order valence-corrected chi connectivity index (χ4v) is 4.43. The van der Waals surface area contributed by atoms with Crippen molar-refractivity contribution in [3.05, 3.63) is 62.8 Å². The van der Waals surface area contributed by atoms with Gasteiger partial charge in [0.2, 0.25) is 11.3 Å². The Labute approximate surface area is 220 Å². The lowest BCUT2D eigenvalue weighted by Gasteiger charge is -2.40. The van der Waals surface area contributed by atoms with Crippen LogP contribution in [-0.4, -0.2) is 71.8 Å². The molecule has 2 N–H and O–H groups in total. The molecule has 11 nitrogen and oxygen atoms in total. The third-order valence-electron chi connectivity index (χ3n) is 6.54. The molecule has 2 aromatic rings. The summed E-state index contributed by atoms with van der Waals surface area (Å²) < 4.78 is 53.2. The van der Waals surface area contributed by atoms with Gasteiger partial charge >= 0.3 is 0 Å². The second-order valence-corrected chi connectivity index (χ2v) is 9.12. The van der Waals surface area contributed by atoms with E-state index in [0.717, 1.165) is 6.20 Å². The van der Waals surface area contributed by atoms with Crippen molar-refractivity contribution in [3.8, 4) is 5.75 Å². The number of aromatic nitrogens is 1. The molecule has 0 spiro atoms. The lowest BCUT2D eigenvalue weighted by atomic mass is 10.0. The van der Waals surface area contributed by atoms with Crippen LogP contribution in [0.1, 0.15) is 52.2 Å². The van der Waals surface area contributed by atoms with E-state index in [1.165, 1.54) is 16.6 Å². The maximum Gasteiger partial charge on any atom is 0.274 e. The summed E-state index contributed by atoms with van der Waals surface area (Å²) in [6, 6.07) is -0.0370. The zero-order valence-corrected chi connectivity index (χ0v) is 21.2. The molecule has 39 heavy (non-hydrogen) atoms. The lowest BCUT2D eigenvalue weighted by Crippen LogP contribution is -2.50. The molecule has 0 unspecified atom stereocenters. The first-order valence-electron chi connectivity index (χ1n) is 12.1. The maximum atomic E-state index is 14.0. The highest BCUT2D eigenvalue weighted by Gasteiger charge is 2.38. The number of ether oxygens (including phenoxy) is 2. The van der Waals surface area contributed by atoms with E-state index in [-0.39, 0.29) is 50.4 Å². The zero-order valence-electron chi connectivity index (χ0n) is 21.2. The number of nitrogens with zero attached hydrogens (tertiary/aromatic N) is 3. The fraction of sp³-hybridized carbons (Fsp3) is 0.440. The summed E-state index contributed by atoms with van der Waals surface area (Å²) in [7, 11) is 1.50. The molecule has 1 aromatic heterocycles. The van der Waals surface area contributed by atoms with Crippen molar-refractivity contribution in [1.29, 1.82) is 0 Å². The van der Waals surface area contributed by atoms with Crippen LogP contribution in [0.2, 0.25) is 0 Å². The smallest absolute Gasteiger partial charge is 0.274 e. The Morgan fingerprint density at radius 2 is 1.95 bits per heavy atom. The van der Waals surface area contributed by atoms with Crippen molar-refractivity contribution >= 4 is 17.7 Å². The Kier molecular flexibility index (Phi) is 8.43. The summed E-state index contributed by atoms with van der Waals surface area (Å²) in [5.41, 5.74) is -2.64. The van der Waals surface area contributed by atoms with Crippen molar-refractivity contribution in [2.24, 2.45) is 5.16 Å². The molecule has 0 fully saturated rings. The molecule has 0 saturated heterocycles. The highest BCUT2D eigenvalue weighted by Crippen LogP contribution is 2.31. The summed E-state index contributed by atoms with van der Waals surface area (Å²) in [5.74, 6) is -6.01. The SMILES string of the molecule is COCCO/C1=N/OCC[C@H](C)N2C[C@H](C1)n1cc(C(=O)NCc3c(F)cc(F)cc3F)c(=O)c(O)c1C2=O. The molecule has 0 aliphatic carbocycles. The second-order valence-electron chi connectivity index (χ2n) is 9.12. The lowest BCUT2D eigenvalue weighted by molar-refractivity contribution is 0.0465. The van der Waals surface area contributed by atoms with Gasteiger partial charge in [-0.1, -0.05) is 5.16 Å². The van der Waals surface area contributed by atoms with Crippen LogP contribution in [0, 0.1) is 17.5 Å². The number of rotatable bonds is 6. The average molecular weight is 553 g/mol. The van der Waals surface area contributed by atoms with Crippen LogP contribution in [-0.2, 0) is 20.9 Å². The van der Waals surface area contributed by atoms with Crippen LogP contribution in [0.25, 0.3) is 0 Å². The van der Waals surface area contributed by atoms with Crippen molar-refractivity contribution in [1.82, 2.24) is 14.8 Å². The Morgan fingerprint density at radius 3 is 2.64 bits per heavy atom. The summed E-state index contributed by atoms with van der Waals surface area (Å²) in [4.78, 5) is 46.0. The molecule has 2 atom stereocenters. The highest BCUT2D eigenvalue weighted by atomic mass is 19.1. The number of amides is 2. The van der Waals surface area contributed by atoms with Gasteiger partial charge in [-0.05, 0) is 6.92 Å². The number of hydrogen-bond acceptors (Lipinski definition) is 8. The third kappa shape index (κ3) is 5.85. The molecule has 2 bridgehead atoms. The Bertz CT molecular complexity index is 1340. The number of nitrogens with one attached hydrogen (secondary N) is 1. The van der Waals surface area contributed by atoms with Crippen LogP contribution in [0.15, 0.2) is 28.3 Å². The van der Waals surface area contributed by atoms with Gasteiger partial charge in [0.15, 0.2) is 11.4 Å². The van der Waals surface area contributed by atoms with Crippen molar-refractivity contribution in [3.63, 3.8) is 0 Å². The molecule has 0 saturated carbocycles. The van der Waals surface area contributed by atoms with Crippen molar-refractivity contribution in [2.75, 3.05) is 33.5 Å². The first-order chi connectivity index (χ1) is 18.6. The number of carbonyl (C=O) groups is 2. The van der Waals surface area contributed by atoms with Crippen LogP contribution in [0.5, 0.6) is 5.75 Å². The topological polar surface area (TPSA) is 132 Å². The molecule has 14 heteroatoms. The third-order valence-corrected chi connectivity index (χ3v) is 6.54. The minimum absolute atomic E-state index is 0.0720. The van der Waals surface area contributed by atoms with E-state index in [1.807, 2.05) is 0 Å². The predicted molar refractivity (Wildman–Crippen MR) is 130 cm³/mol. The average Bonchev–Trinajstić information content (AvgIpc) is 2.88. The van der Waals surface area contributed by atoms with Gasteiger partial charge in [-0.3, -0.25) is 14.4 Å². The van der Waals surface area contributed by atoms with Crippen molar-refractivity contribution in [2.45, 2.75) is 38.4 Å². The number of halogens is 3. The van der Waals surface area contributed by atoms with E-state index >= 15 is 0 Å². The monoisotopic (exact) mass is 552 g/mol. The van der Waals surface area contributed by atoms with Gasteiger partial charge in [-0.2, -0.15) is 0 Å². The number of aromatic hydroxyl groups is 1. The first kappa shape index (κ1) is 28.0. The largest absolute Gasteiger partial charge is 0.503 e. The standard InChI is InChI=1S/C25H27F3N4O7/c1-13-3-4-39-30-20(38-6-5-37-2)9-15-11-31(13)25(36)21-23(34)22(33)17(12-32(15)21)24(35)29-10-16-18(27)7-14(26)8-19(16)28/h7-8,12-13,15,34H,3-6,9-11H2,1-2H3,(H,29,35)/b30-20+/t13-,15-/m0/s1. The molecule has 2 aliphatic rings. The number of methoxy groups -OCH3 is 1. The number of carbonyl (C=O) groups excluding carboxylic acids is 2. The Hall–Kier alpha value is -4.07. The predicted octanol–water partition coefficient (Wildman–Crippen LogP) is 2.07. The van der Waals surface area contributed by atoms with E-state index in [2.05, 4.69) is 10.5 Å². The number of hydrogen-bond donors (Lipinski definition) is 2. The van der Waals surface area contributed by atoms with Gasteiger partial charge in [0.1, 0.15) is 36.2 Å². The van der Waals surface area contributed by atoms with Crippen LogP contribution in [0.3, 0.4) is 0 Å². The summed E-state index contributed by atoms with van der Waals surface area (Å²) in [6.45, 7) is 1.87. The van der Waals surface area contributed by atoms with Gasteiger partial charge < -0.3 is 34.2 Å². The first-order valence-corrected chi connectivity index (χ1v) is 12.1. The van der Waals surface area contributed by atoms with E-state index in [4.69, 9.17) is 14.3 Å². The molecule has 2 aliphatic heterocycles. The summed E-state index contributed by atoms with van der Waals surface area (Å²) >= 11 is 0. The number of fused-ring (bicyclic) bond motifs is 4. The van der Waals surface area contributed by atoms with E-state index < -0.39 is 64.2 Å². The minimum Gasteiger partial charge on any atom is -0.503 e. The summed E-state index contributed by atoms with van der Waals surface area (Å²) in [5, 5.41) is 17.0. The molecular formula is C25H27F3N4O7. The Balaban J connectivity index is 1.69. The molecule has 3 heterocycles. The highest BCUT2D eigenvalue weighted by molar-refractivity contribution is 5.99. The number of pyridine rings is 1. The van der Waals surface area contributed by atoms with E-state index in [1.54, 1.807) is 6.92 Å².